The number of hydrogen-bond donors (Lipinski definition) is 1. The highest BCUT2D eigenvalue weighted by atomic mass is 16.5. The number of carbonyl (C=O) groups excluding carboxylic acids is 1. The molecule has 1 aromatic carbocycles. The molecule has 28 heavy (non-hydrogen) atoms. The summed E-state index contributed by atoms with van der Waals surface area (Å²) in [6.45, 7) is 6.57. The zero-order chi connectivity index (χ0) is 19.3. The van der Waals surface area contributed by atoms with Crippen molar-refractivity contribution in [1.82, 2.24) is 14.8 Å². The van der Waals surface area contributed by atoms with Gasteiger partial charge in [0.25, 0.3) is 5.91 Å². The van der Waals surface area contributed by atoms with Gasteiger partial charge in [0.2, 0.25) is 0 Å². The van der Waals surface area contributed by atoms with Gasteiger partial charge in [-0.05, 0) is 31.3 Å². The van der Waals surface area contributed by atoms with E-state index in [2.05, 4.69) is 33.2 Å². The second kappa shape index (κ2) is 8.58. The molecule has 2 aliphatic heterocycles. The molecule has 0 bridgehead atoms. The van der Waals surface area contributed by atoms with Crippen LogP contribution in [0.3, 0.4) is 0 Å². The van der Waals surface area contributed by atoms with Gasteiger partial charge in [-0.3, -0.25) is 4.79 Å². The zero-order valence-corrected chi connectivity index (χ0v) is 16.3. The molecule has 3 heterocycles. The molecule has 2 aliphatic rings. The Kier molecular flexibility index (Phi) is 5.73. The number of pyridine rings is 1. The lowest BCUT2D eigenvalue weighted by Crippen LogP contribution is -2.47. The fourth-order valence-electron chi connectivity index (χ4n) is 3.62. The quantitative estimate of drug-likeness (QED) is 0.875. The molecular weight excluding hydrogens is 354 g/mol. The molecule has 4 rings (SSSR count). The zero-order valence-electron chi connectivity index (χ0n) is 16.3. The van der Waals surface area contributed by atoms with E-state index in [1.807, 2.05) is 29.2 Å². The van der Waals surface area contributed by atoms with Gasteiger partial charge in [0, 0.05) is 51.0 Å². The Morgan fingerprint density at radius 1 is 1.04 bits per heavy atom. The van der Waals surface area contributed by atoms with Gasteiger partial charge in [-0.2, -0.15) is 0 Å². The molecule has 0 spiro atoms. The van der Waals surface area contributed by atoms with E-state index >= 15 is 0 Å². The molecule has 0 unspecified atom stereocenters. The van der Waals surface area contributed by atoms with Crippen molar-refractivity contribution in [3.05, 3.63) is 48.2 Å². The number of anilines is 3. The SMILES string of the molecule is CN1CCN(C(=O)c2ccnc(Nc3ccccc3N3CCOCC3)c2)CC1. The van der Waals surface area contributed by atoms with Crippen molar-refractivity contribution in [2.45, 2.75) is 0 Å². The van der Waals surface area contributed by atoms with Crippen LogP contribution in [0.25, 0.3) is 0 Å². The minimum Gasteiger partial charge on any atom is -0.378 e. The number of nitrogens with one attached hydrogen (secondary N) is 1. The number of ether oxygens (including phenoxy) is 1. The van der Waals surface area contributed by atoms with Gasteiger partial charge in [-0.1, -0.05) is 12.1 Å². The van der Waals surface area contributed by atoms with Crippen molar-refractivity contribution in [2.75, 3.05) is 69.7 Å². The average molecular weight is 381 g/mol. The summed E-state index contributed by atoms with van der Waals surface area (Å²) in [5.41, 5.74) is 2.79. The van der Waals surface area contributed by atoms with Crippen LogP contribution < -0.4 is 10.2 Å². The van der Waals surface area contributed by atoms with Crippen molar-refractivity contribution in [1.29, 1.82) is 0 Å². The lowest BCUT2D eigenvalue weighted by molar-refractivity contribution is 0.0664. The van der Waals surface area contributed by atoms with E-state index in [1.54, 1.807) is 12.3 Å². The third-order valence-electron chi connectivity index (χ3n) is 5.32. The summed E-state index contributed by atoms with van der Waals surface area (Å²) in [5.74, 6) is 0.751. The van der Waals surface area contributed by atoms with E-state index in [1.165, 1.54) is 0 Å². The van der Waals surface area contributed by atoms with Crippen LogP contribution in [0, 0.1) is 0 Å². The summed E-state index contributed by atoms with van der Waals surface area (Å²) >= 11 is 0. The number of benzene rings is 1. The largest absolute Gasteiger partial charge is 0.378 e. The minimum absolute atomic E-state index is 0.0695. The Bertz CT molecular complexity index is 814. The van der Waals surface area contributed by atoms with Crippen LogP contribution >= 0.6 is 0 Å². The first kappa shape index (κ1) is 18.7. The highest BCUT2D eigenvalue weighted by Gasteiger charge is 2.21. The van der Waals surface area contributed by atoms with Crippen LogP contribution in [-0.2, 0) is 4.74 Å². The second-order valence-electron chi connectivity index (χ2n) is 7.27. The van der Waals surface area contributed by atoms with Gasteiger partial charge < -0.3 is 24.8 Å². The first-order valence-corrected chi connectivity index (χ1v) is 9.83. The lowest BCUT2D eigenvalue weighted by atomic mass is 10.2. The fraction of sp³-hybridized carbons (Fsp3) is 0.429. The van der Waals surface area contributed by atoms with E-state index in [0.29, 0.717) is 11.4 Å². The number of piperazine rings is 1. The van der Waals surface area contributed by atoms with Crippen LogP contribution in [0.1, 0.15) is 10.4 Å². The first-order valence-electron chi connectivity index (χ1n) is 9.83. The van der Waals surface area contributed by atoms with Crippen LogP contribution in [0.15, 0.2) is 42.6 Å². The maximum absolute atomic E-state index is 12.9. The molecule has 2 saturated heterocycles. The van der Waals surface area contributed by atoms with E-state index < -0.39 is 0 Å². The highest BCUT2D eigenvalue weighted by Crippen LogP contribution is 2.29. The molecule has 1 N–H and O–H groups in total. The standard InChI is InChI=1S/C21H27N5O2/c1-24-8-10-26(11-9-24)21(27)17-6-7-22-20(16-17)23-18-4-2-3-5-19(18)25-12-14-28-15-13-25/h2-7,16H,8-15H2,1H3,(H,22,23). The summed E-state index contributed by atoms with van der Waals surface area (Å²) in [6.07, 6.45) is 1.70. The van der Waals surface area contributed by atoms with Crippen molar-refractivity contribution in [3.63, 3.8) is 0 Å². The number of para-hydroxylation sites is 2. The van der Waals surface area contributed by atoms with E-state index in [9.17, 15) is 4.79 Å². The topological polar surface area (TPSA) is 60.9 Å². The van der Waals surface area contributed by atoms with Crippen molar-refractivity contribution < 1.29 is 9.53 Å². The van der Waals surface area contributed by atoms with Crippen molar-refractivity contribution >= 4 is 23.1 Å². The molecule has 2 aromatic rings. The number of hydrogen-bond acceptors (Lipinski definition) is 6. The second-order valence-corrected chi connectivity index (χ2v) is 7.27. The number of rotatable bonds is 4. The van der Waals surface area contributed by atoms with Gasteiger partial charge in [0.15, 0.2) is 0 Å². The molecule has 7 nitrogen and oxygen atoms in total. The van der Waals surface area contributed by atoms with Gasteiger partial charge in [-0.25, -0.2) is 4.98 Å². The molecular formula is C21H27N5O2. The fourth-order valence-corrected chi connectivity index (χ4v) is 3.62. The number of nitrogens with zero attached hydrogens (tertiary/aromatic N) is 4. The minimum atomic E-state index is 0.0695. The predicted molar refractivity (Wildman–Crippen MR) is 110 cm³/mol. The Labute approximate surface area is 165 Å². The first-order chi connectivity index (χ1) is 13.7. The van der Waals surface area contributed by atoms with Crippen LogP contribution in [0.2, 0.25) is 0 Å². The molecule has 1 aromatic heterocycles. The molecule has 0 atom stereocenters. The van der Waals surface area contributed by atoms with E-state index in [-0.39, 0.29) is 5.91 Å². The highest BCUT2D eigenvalue weighted by molar-refractivity contribution is 5.95. The Hall–Kier alpha value is -2.64. The van der Waals surface area contributed by atoms with Crippen LogP contribution in [0.4, 0.5) is 17.2 Å². The molecule has 148 valence electrons. The molecule has 0 radical (unpaired) electrons. The average Bonchev–Trinajstić information content (AvgIpc) is 2.75. The maximum Gasteiger partial charge on any atom is 0.254 e. The number of likely N-dealkylation sites (N-methyl/N-ethyl adjacent to an activating group) is 1. The van der Waals surface area contributed by atoms with Crippen LogP contribution in [0.5, 0.6) is 0 Å². The van der Waals surface area contributed by atoms with Gasteiger partial charge >= 0.3 is 0 Å². The molecule has 0 aliphatic carbocycles. The van der Waals surface area contributed by atoms with Crippen LogP contribution in [-0.4, -0.2) is 80.2 Å². The Balaban J connectivity index is 1.50. The van der Waals surface area contributed by atoms with Gasteiger partial charge in [0.05, 0.1) is 24.6 Å². The monoisotopic (exact) mass is 381 g/mol. The summed E-state index contributed by atoms with van der Waals surface area (Å²) < 4.78 is 5.47. The molecule has 7 heteroatoms. The molecule has 0 saturated carbocycles. The third-order valence-corrected chi connectivity index (χ3v) is 5.32. The number of aromatic nitrogens is 1. The number of morpholine rings is 1. The Morgan fingerprint density at radius 2 is 1.79 bits per heavy atom. The maximum atomic E-state index is 12.9. The predicted octanol–water partition coefficient (Wildman–Crippen LogP) is 2.05. The number of amides is 1. The normalized spacial score (nSPS) is 18.2. The summed E-state index contributed by atoms with van der Waals surface area (Å²) in [4.78, 5) is 23.8. The van der Waals surface area contributed by atoms with E-state index in [4.69, 9.17) is 4.74 Å². The summed E-state index contributed by atoms with van der Waals surface area (Å²) in [5, 5.41) is 3.40. The van der Waals surface area contributed by atoms with Crippen molar-refractivity contribution in [2.24, 2.45) is 0 Å². The summed E-state index contributed by atoms with van der Waals surface area (Å²) in [6, 6.07) is 11.8. The Morgan fingerprint density at radius 3 is 2.57 bits per heavy atom. The third kappa shape index (κ3) is 4.26. The smallest absolute Gasteiger partial charge is 0.254 e. The van der Waals surface area contributed by atoms with Crippen molar-refractivity contribution in [3.8, 4) is 0 Å². The van der Waals surface area contributed by atoms with Gasteiger partial charge in [0.1, 0.15) is 5.82 Å². The lowest BCUT2D eigenvalue weighted by Gasteiger charge is -2.32. The number of carbonyl (C=O) groups is 1. The molecule has 2 fully saturated rings. The van der Waals surface area contributed by atoms with Gasteiger partial charge in [-0.15, -0.1) is 0 Å². The van der Waals surface area contributed by atoms with E-state index in [0.717, 1.165) is 63.9 Å². The summed E-state index contributed by atoms with van der Waals surface area (Å²) in [7, 11) is 2.09. The molecule has 1 amide bonds.